The summed E-state index contributed by atoms with van der Waals surface area (Å²) in [4.78, 5) is 24.0. The van der Waals surface area contributed by atoms with E-state index in [1.807, 2.05) is 13.8 Å². The topological polar surface area (TPSA) is 93.4 Å². The summed E-state index contributed by atoms with van der Waals surface area (Å²) in [5, 5.41) is 5.39. The third-order valence-corrected chi connectivity index (χ3v) is 2.93. The van der Waals surface area contributed by atoms with E-state index in [0.29, 0.717) is 23.9 Å². The molecular formula is C15H23N3O3. The molecule has 0 aliphatic carbocycles. The molecule has 0 saturated carbocycles. The van der Waals surface area contributed by atoms with Gasteiger partial charge in [-0.25, -0.2) is 0 Å². The second-order valence-corrected chi connectivity index (χ2v) is 5.29. The molecule has 6 heteroatoms. The van der Waals surface area contributed by atoms with Crippen LogP contribution in [0.1, 0.15) is 31.1 Å². The first-order valence-corrected chi connectivity index (χ1v) is 6.87. The van der Waals surface area contributed by atoms with Gasteiger partial charge in [-0.15, -0.1) is 0 Å². The molecular weight excluding hydrogens is 270 g/mol. The first-order chi connectivity index (χ1) is 9.85. The third kappa shape index (κ3) is 4.98. The highest BCUT2D eigenvalue weighted by Gasteiger charge is 2.18. The number of ether oxygens (including phenoxy) is 1. The van der Waals surface area contributed by atoms with E-state index >= 15 is 0 Å². The first kappa shape index (κ1) is 16.8. The normalized spacial score (nSPS) is 11.9. The number of nitrogens with two attached hydrogens (primary N) is 1. The Balaban J connectivity index is 2.70. The molecule has 6 nitrogen and oxygen atoms in total. The van der Waals surface area contributed by atoms with Gasteiger partial charge in [0.1, 0.15) is 11.8 Å². The Bertz CT molecular complexity index is 515. The Morgan fingerprint density at radius 2 is 1.95 bits per heavy atom. The van der Waals surface area contributed by atoms with E-state index in [-0.39, 0.29) is 11.5 Å². The van der Waals surface area contributed by atoms with Crippen molar-refractivity contribution in [2.45, 2.75) is 26.8 Å². The molecule has 0 aliphatic heterocycles. The molecule has 1 unspecified atom stereocenters. The van der Waals surface area contributed by atoms with Gasteiger partial charge >= 0.3 is 0 Å². The lowest BCUT2D eigenvalue weighted by Gasteiger charge is -2.16. The summed E-state index contributed by atoms with van der Waals surface area (Å²) in [6.45, 7) is 6.20. The predicted molar refractivity (Wildman–Crippen MR) is 82.2 cm³/mol. The lowest BCUT2D eigenvalue weighted by atomic mass is 10.1. The standard InChI is InChI=1S/C15H23N3O3/c1-9(2)8-17-14(19)10(3)18-15(20)12-7-11(21-4)5-6-13(12)16/h5-7,9-10H,8,16H2,1-4H3,(H,17,19)(H,18,20). The van der Waals surface area contributed by atoms with Crippen LogP contribution >= 0.6 is 0 Å². The highest BCUT2D eigenvalue weighted by atomic mass is 16.5. The maximum Gasteiger partial charge on any atom is 0.254 e. The largest absolute Gasteiger partial charge is 0.497 e. The second kappa shape index (κ2) is 7.52. The van der Waals surface area contributed by atoms with Gasteiger partial charge in [0, 0.05) is 12.2 Å². The summed E-state index contributed by atoms with van der Waals surface area (Å²) >= 11 is 0. The molecule has 1 aromatic rings. The van der Waals surface area contributed by atoms with Crippen LogP contribution in [-0.4, -0.2) is 31.5 Å². The van der Waals surface area contributed by atoms with Gasteiger partial charge in [-0.3, -0.25) is 9.59 Å². The van der Waals surface area contributed by atoms with Gasteiger partial charge in [0.2, 0.25) is 5.91 Å². The van der Waals surface area contributed by atoms with Gasteiger partial charge in [0.05, 0.1) is 12.7 Å². The van der Waals surface area contributed by atoms with Crippen molar-refractivity contribution in [1.82, 2.24) is 10.6 Å². The predicted octanol–water partition coefficient (Wildman–Crippen LogP) is 1.17. The number of nitrogens with one attached hydrogen (secondary N) is 2. The number of nitrogen functional groups attached to an aromatic ring is 1. The minimum Gasteiger partial charge on any atom is -0.497 e. The zero-order valence-electron chi connectivity index (χ0n) is 12.9. The Hall–Kier alpha value is -2.24. The number of amides is 2. The fourth-order valence-corrected chi connectivity index (χ4v) is 1.66. The number of carbonyl (C=O) groups excluding carboxylic acids is 2. The summed E-state index contributed by atoms with van der Waals surface area (Å²) in [7, 11) is 1.51. The Kier molecular flexibility index (Phi) is 6.02. The number of hydrogen-bond donors (Lipinski definition) is 3. The van der Waals surface area contributed by atoms with Crippen LogP contribution in [0.5, 0.6) is 5.75 Å². The highest BCUT2D eigenvalue weighted by molar-refractivity contribution is 6.01. The van der Waals surface area contributed by atoms with Crippen molar-refractivity contribution >= 4 is 17.5 Å². The Morgan fingerprint density at radius 3 is 2.52 bits per heavy atom. The van der Waals surface area contributed by atoms with Crippen molar-refractivity contribution in [1.29, 1.82) is 0 Å². The molecule has 0 bridgehead atoms. The molecule has 116 valence electrons. The van der Waals surface area contributed by atoms with E-state index in [1.54, 1.807) is 25.1 Å². The summed E-state index contributed by atoms with van der Waals surface area (Å²) in [6, 6.07) is 4.17. The molecule has 1 atom stereocenters. The molecule has 0 saturated heterocycles. The van der Waals surface area contributed by atoms with Crippen LogP contribution in [-0.2, 0) is 4.79 Å². The van der Waals surface area contributed by atoms with E-state index in [1.165, 1.54) is 7.11 Å². The van der Waals surface area contributed by atoms with Crippen LogP contribution in [0.25, 0.3) is 0 Å². The summed E-state index contributed by atoms with van der Waals surface area (Å²) < 4.78 is 5.06. The van der Waals surface area contributed by atoms with E-state index < -0.39 is 11.9 Å². The molecule has 0 aromatic heterocycles. The fraction of sp³-hybridized carbons (Fsp3) is 0.467. The van der Waals surface area contributed by atoms with Crippen LogP contribution in [0, 0.1) is 5.92 Å². The second-order valence-electron chi connectivity index (χ2n) is 5.29. The van der Waals surface area contributed by atoms with Crippen LogP contribution in [0.3, 0.4) is 0 Å². The molecule has 0 spiro atoms. The number of benzene rings is 1. The van der Waals surface area contributed by atoms with E-state index in [2.05, 4.69) is 10.6 Å². The van der Waals surface area contributed by atoms with Crippen LogP contribution in [0.2, 0.25) is 0 Å². The maximum absolute atomic E-state index is 12.2. The Labute approximate surface area is 125 Å². The van der Waals surface area contributed by atoms with Gasteiger partial charge in [-0.05, 0) is 31.0 Å². The van der Waals surface area contributed by atoms with Crippen molar-refractivity contribution in [3.8, 4) is 5.75 Å². The lowest BCUT2D eigenvalue weighted by molar-refractivity contribution is -0.122. The number of hydrogen-bond acceptors (Lipinski definition) is 4. The lowest BCUT2D eigenvalue weighted by Crippen LogP contribution is -2.45. The first-order valence-electron chi connectivity index (χ1n) is 6.87. The number of carbonyl (C=O) groups is 2. The molecule has 1 rings (SSSR count). The smallest absolute Gasteiger partial charge is 0.254 e. The van der Waals surface area contributed by atoms with Crippen molar-refractivity contribution in [2.75, 3.05) is 19.4 Å². The van der Waals surface area contributed by atoms with E-state index in [4.69, 9.17) is 10.5 Å². The zero-order valence-corrected chi connectivity index (χ0v) is 12.9. The zero-order chi connectivity index (χ0) is 16.0. The van der Waals surface area contributed by atoms with Crippen LogP contribution < -0.4 is 21.1 Å². The van der Waals surface area contributed by atoms with Crippen LogP contribution in [0.4, 0.5) is 5.69 Å². The third-order valence-electron chi connectivity index (χ3n) is 2.93. The number of rotatable bonds is 6. The molecule has 0 radical (unpaired) electrons. The summed E-state index contributed by atoms with van der Waals surface area (Å²) in [6.07, 6.45) is 0. The Morgan fingerprint density at radius 1 is 1.29 bits per heavy atom. The van der Waals surface area contributed by atoms with Crippen molar-refractivity contribution in [3.63, 3.8) is 0 Å². The van der Waals surface area contributed by atoms with E-state index in [9.17, 15) is 9.59 Å². The maximum atomic E-state index is 12.2. The van der Waals surface area contributed by atoms with Crippen molar-refractivity contribution < 1.29 is 14.3 Å². The molecule has 0 heterocycles. The quantitative estimate of drug-likeness (QED) is 0.686. The summed E-state index contributed by atoms with van der Waals surface area (Å²) in [5.74, 6) is 0.259. The number of methoxy groups -OCH3 is 1. The SMILES string of the molecule is COc1ccc(N)c(C(=O)NC(C)C(=O)NCC(C)C)c1. The molecule has 21 heavy (non-hydrogen) atoms. The molecule has 0 fully saturated rings. The van der Waals surface area contributed by atoms with Gasteiger partial charge < -0.3 is 21.1 Å². The minimum atomic E-state index is -0.637. The van der Waals surface area contributed by atoms with Crippen molar-refractivity contribution in [3.05, 3.63) is 23.8 Å². The monoisotopic (exact) mass is 293 g/mol. The molecule has 0 aliphatic rings. The van der Waals surface area contributed by atoms with E-state index in [0.717, 1.165) is 0 Å². The average molecular weight is 293 g/mol. The summed E-state index contributed by atoms with van der Waals surface area (Å²) in [5.41, 5.74) is 6.40. The van der Waals surface area contributed by atoms with Gasteiger partial charge in [-0.1, -0.05) is 13.8 Å². The van der Waals surface area contributed by atoms with Crippen molar-refractivity contribution in [2.24, 2.45) is 5.92 Å². The molecule has 1 aromatic carbocycles. The fourth-order valence-electron chi connectivity index (χ4n) is 1.66. The highest BCUT2D eigenvalue weighted by Crippen LogP contribution is 2.19. The average Bonchev–Trinajstić information content (AvgIpc) is 2.44. The minimum absolute atomic E-state index is 0.224. The van der Waals surface area contributed by atoms with Gasteiger partial charge in [0.25, 0.3) is 5.91 Å². The van der Waals surface area contributed by atoms with Crippen LogP contribution in [0.15, 0.2) is 18.2 Å². The molecule has 4 N–H and O–H groups in total. The van der Waals surface area contributed by atoms with Gasteiger partial charge in [-0.2, -0.15) is 0 Å². The van der Waals surface area contributed by atoms with Gasteiger partial charge in [0.15, 0.2) is 0 Å². The number of anilines is 1. The molecule has 2 amide bonds.